The van der Waals surface area contributed by atoms with Gasteiger partial charge in [-0.15, -0.1) is 0 Å². The number of carbonyl (C=O) groups is 2. The number of carbonyl (C=O) groups excluding carboxylic acids is 1. The molecular formula is C28H24N2O6S. The average Bonchev–Trinajstić information content (AvgIpc) is 3.75. The third-order valence-electron chi connectivity index (χ3n) is 6.95. The fourth-order valence-electron chi connectivity index (χ4n) is 4.48. The Morgan fingerprint density at radius 3 is 2.68 bits per heavy atom. The first-order valence-electron chi connectivity index (χ1n) is 12.2. The van der Waals surface area contributed by atoms with Gasteiger partial charge in [-0.2, -0.15) is 4.37 Å². The van der Waals surface area contributed by atoms with Crippen molar-refractivity contribution in [1.82, 2.24) is 4.37 Å². The number of hydrogen-bond acceptors (Lipinski definition) is 7. The molecule has 37 heavy (non-hydrogen) atoms. The number of nitrogens with zero attached hydrogens (tertiary/aromatic N) is 1. The van der Waals surface area contributed by atoms with E-state index in [0.29, 0.717) is 47.0 Å². The highest BCUT2D eigenvalue weighted by Crippen LogP contribution is 2.50. The number of aliphatic carboxylic acids is 1. The van der Waals surface area contributed by atoms with E-state index >= 15 is 0 Å². The molecule has 8 nitrogen and oxygen atoms in total. The number of anilines is 1. The van der Waals surface area contributed by atoms with Gasteiger partial charge in [0.2, 0.25) is 0 Å². The number of nitrogens with one attached hydrogen (secondary N) is 1. The van der Waals surface area contributed by atoms with Crippen LogP contribution in [0.3, 0.4) is 0 Å². The Bertz CT molecular complexity index is 1560. The third-order valence-corrected chi connectivity index (χ3v) is 7.96. The molecule has 3 heterocycles. The quantitative estimate of drug-likeness (QED) is 0.281. The molecule has 9 heteroatoms. The molecule has 0 radical (unpaired) electrons. The topological polar surface area (TPSA) is 115 Å². The standard InChI is InChI=1S/C28H24N2O6S/c1-15-5-3-4-6-20(15)16(2)34-27(33)29-23-21(30-37-24(23)17-7-8-17)10-9-19-13-18-14-22(36-25(18)35-19)28(11-12-28)26(31)32/h3-6,13-14,16-17H,7-8,11-12H2,1-2H3,(H,29,33)(H,31,32). The van der Waals surface area contributed by atoms with Crippen LogP contribution in [0.5, 0.6) is 0 Å². The average molecular weight is 517 g/mol. The van der Waals surface area contributed by atoms with Crippen molar-refractivity contribution in [2.45, 2.75) is 57.0 Å². The van der Waals surface area contributed by atoms with Crippen molar-refractivity contribution in [2.75, 3.05) is 5.32 Å². The van der Waals surface area contributed by atoms with E-state index < -0.39 is 23.6 Å². The van der Waals surface area contributed by atoms with E-state index in [1.807, 2.05) is 38.1 Å². The molecule has 0 spiro atoms. The Labute approximate surface area is 216 Å². The first-order chi connectivity index (χ1) is 17.8. The molecule has 1 amide bonds. The molecule has 1 atom stereocenters. The van der Waals surface area contributed by atoms with Crippen molar-refractivity contribution >= 4 is 40.4 Å². The number of amides is 1. The number of hydrogen-bond donors (Lipinski definition) is 2. The summed E-state index contributed by atoms with van der Waals surface area (Å²) in [6.07, 6.45) is 2.24. The van der Waals surface area contributed by atoms with Gasteiger partial charge in [0.1, 0.15) is 17.3 Å². The summed E-state index contributed by atoms with van der Waals surface area (Å²) in [4.78, 5) is 25.3. The predicted octanol–water partition coefficient (Wildman–Crippen LogP) is 6.49. The lowest BCUT2D eigenvalue weighted by Crippen LogP contribution is -2.18. The molecule has 4 aromatic rings. The fraction of sp³-hybridized carbons (Fsp3) is 0.321. The molecule has 6 rings (SSSR count). The van der Waals surface area contributed by atoms with Crippen molar-refractivity contribution in [3.8, 4) is 11.8 Å². The summed E-state index contributed by atoms with van der Waals surface area (Å²) in [6.45, 7) is 3.83. The van der Waals surface area contributed by atoms with Gasteiger partial charge in [-0.25, -0.2) is 4.79 Å². The number of carboxylic acids is 1. The van der Waals surface area contributed by atoms with Crippen LogP contribution in [0.4, 0.5) is 10.5 Å². The monoisotopic (exact) mass is 516 g/mol. The minimum absolute atomic E-state index is 0.246. The van der Waals surface area contributed by atoms with Crippen molar-refractivity contribution in [2.24, 2.45) is 0 Å². The number of aromatic nitrogens is 1. The zero-order chi connectivity index (χ0) is 25.7. The lowest BCUT2D eigenvalue weighted by Gasteiger charge is -2.16. The van der Waals surface area contributed by atoms with Gasteiger partial charge in [0.05, 0.1) is 16.0 Å². The molecule has 3 aromatic heterocycles. The van der Waals surface area contributed by atoms with Crippen molar-refractivity contribution in [3.63, 3.8) is 0 Å². The molecule has 2 fully saturated rings. The van der Waals surface area contributed by atoms with Gasteiger partial charge < -0.3 is 18.7 Å². The number of furan rings is 2. The highest BCUT2D eigenvalue weighted by atomic mass is 32.1. The SMILES string of the molecule is Cc1ccccc1C(C)OC(=O)Nc1c(C#Cc2cc3cc(C4(C(=O)O)CC4)oc3o2)nsc1C1CC1. The number of benzene rings is 1. The van der Waals surface area contributed by atoms with E-state index in [-0.39, 0.29) is 5.78 Å². The van der Waals surface area contributed by atoms with Gasteiger partial charge in [0.15, 0.2) is 11.5 Å². The summed E-state index contributed by atoms with van der Waals surface area (Å²) >= 11 is 1.34. The molecular weight excluding hydrogens is 492 g/mol. The van der Waals surface area contributed by atoms with Crippen LogP contribution in [0.15, 0.2) is 45.2 Å². The molecule has 0 saturated heterocycles. The Kier molecular flexibility index (Phi) is 5.57. The maximum absolute atomic E-state index is 12.8. The molecule has 2 aliphatic rings. The van der Waals surface area contributed by atoms with Gasteiger partial charge in [-0.1, -0.05) is 24.3 Å². The lowest BCUT2D eigenvalue weighted by molar-refractivity contribution is -0.140. The maximum atomic E-state index is 12.8. The largest absolute Gasteiger partial charge is 0.480 e. The van der Waals surface area contributed by atoms with Crippen LogP contribution < -0.4 is 5.32 Å². The number of ether oxygens (including phenoxy) is 1. The van der Waals surface area contributed by atoms with E-state index in [1.54, 1.807) is 12.1 Å². The highest BCUT2D eigenvalue weighted by molar-refractivity contribution is 7.06. The summed E-state index contributed by atoms with van der Waals surface area (Å²) in [5.74, 6) is 6.46. The molecule has 0 bridgehead atoms. The summed E-state index contributed by atoms with van der Waals surface area (Å²) in [5.41, 5.74) is 2.10. The number of fused-ring (bicyclic) bond motifs is 1. The van der Waals surface area contributed by atoms with Gasteiger partial charge in [0, 0.05) is 6.07 Å². The molecule has 2 aliphatic carbocycles. The third kappa shape index (κ3) is 4.38. The minimum atomic E-state index is -0.931. The molecule has 2 N–H and O–H groups in total. The van der Waals surface area contributed by atoms with Gasteiger partial charge in [0.25, 0.3) is 5.78 Å². The van der Waals surface area contributed by atoms with Crippen LogP contribution in [-0.4, -0.2) is 21.5 Å². The second kappa shape index (κ2) is 8.82. The van der Waals surface area contributed by atoms with Crippen LogP contribution >= 0.6 is 11.5 Å². The van der Waals surface area contributed by atoms with Gasteiger partial charge in [-0.05, 0) is 86.0 Å². The summed E-state index contributed by atoms with van der Waals surface area (Å²) < 4.78 is 21.5. The molecule has 1 aromatic carbocycles. The number of carboxylic acid groups (broad SMARTS) is 1. The normalized spacial score (nSPS) is 16.6. The molecule has 2 saturated carbocycles. The van der Waals surface area contributed by atoms with Gasteiger partial charge >= 0.3 is 12.1 Å². The smallest absolute Gasteiger partial charge is 0.412 e. The molecule has 0 aliphatic heterocycles. The summed E-state index contributed by atoms with van der Waals surface area (Å²) in [6, 6.07) is 11.2. The summed E-state index contributed by atoms with van der Waals surface area (Å²) in [5, 5.41) is 13.0. The first-order valence-corrected chi connectivity index (χ1v) is 12.9. The summed E-state index contributed by atoms with van der Waals surface area (Å²) in [7, 11) is 0. The van der Waals surface area contributed by atoms with E-state index in [9.17, 15) is 14.7 Å². The Morgan fingerprint density at radius 1 is 1.22 bits per heavy atom. The van der Waals surface area contributed by atoms with Crippen LogP contribution in [-0.2, 0) is 14.9 Å². The van der Waals surface area contributed by atoms with Crippen molar-refractivity contribution in [1.29, 1.82) is 0 Å². The van der Waals surface area contributed by atoms with Crippen LogP contribution in [0.25, 0.3) is 11.2 Å². The van der Waals surface area contributed by atoms with E-state index in [2.05, 4.69) is 21.5 Å². The highest BCUT2D eigenvalue weighted by Gasteiger charge is 2.54. The van der Waals surface area contributed by atoms with Crippen molar-refractivity contribution < 1.29 is 28.3 Å². The lowest BCUT2D eigenvalue weighted by atomic mass is 10.0. The van der Waals surface area contributed by atoms with Crippen LogP contribution in [0.1, 0.15) is 77.8 Å². The predicted molar refractivity (Wildman–Crippen MR) is 137 cm³/mol. The maximum Gasteiger partial charge on any atom is 0.412 e. The minimum Gasteiger partial charge on any atom is -0.480 e. The van der Waals surface area contributed by atoms with Gasteiger partial charge in [-0.3, -0.25) is 10.1 Å². The molecule has 1 unspecified atom stereocenters. The van der Waals surface area contributed by atoms with E-state index in [0.717, 1.165) is 28.8 Å². The Hall–Kier alpha value is -4.03. The zero-order valence-corrected chi connectivity index (χ0v) is 21.1. The number of rotatable bonds is 6. The van der Waals surface area contributed by atoms with Crippen LogP contribution in [0, 0.1) is 18.8 Å². The van der Waals surface area contributed by atoms with Crippen molar-refractivity contribution in [3.05, 3.63) is 69.6 Å². The van der Waals surface area contributed by atoms with E-state index in [1.165, 1.54) is 11.5 Å². The second-order valence-electron chi connectivity index (χ2n) is 9.68. The molecule has 188 valence electrons. The van der Waals surface area contributed by atoms with Crippen LogP contribution in [0.2, 0.25) is 0 Å². The van der Waals surface area contributed by atoms with E-state index in [4.69, 9.17) is 13.6 Å². The fourth-order valence-corrected chi connectivity index (χ4v) is 5.43. The Balaban J connectivity index is 1.21. The second-order valence-corrected chi connectivity index (χ2v) is 10.5. The number of aryl methyl sites for hydroxylation is 1. The zero-order valence-electron chi connectivity index (χ0n) is 20.3. The Morgan fingerprint density at radius 2 is 2.00 bits per heavy atom. The first kappa shape index (κ1) is 23.4.